The minimum atomic E-state index is -0.617. The third-order valence-electron chi connectivity index (χ3n) is 5.36. The molecule has 182 valence electrons. The Balaban J connectivity index is 1.44. The maximum atomic E-state index is 13.7. The Kier molecular flexibility index (Phi) is 7.45. The first kappa shape index (κ1) is 24.3. The maximum absolute atomic E-state index is 13.7. The van der Waals surface area contributed by atoms with E-state index in [1.54, 1.807) is 29.1 Å². The number of nitro groups is 1. The molecule has 2 N–H and O–H groups in total. The lowest BCUT2D eigenvalue weighted by molar-refractivity contribution is -0.384. The van der Waals surface area contributed by atoms with E-state index >= 15 is 0 Å². The number of halogens is 1. The van der Waals surface area contributed by atoms with Crippen LogP contribution in [0.5, 0.6) is 0 Å². The van der Waals surface area contributed by atoms with Crippen molar-refractivity contribution in [2.75, 3.05) is 13.1 Å². The van der Waals surface area contributed by atoms with Crippen LogP contribution in [0.1, 0.15) is 15.9 Å². The Morgan fingerprint density at radius 3 is 2.28 bits per heavy atom. The molecule has 3 aromatic carbocycles. The van der Waals surface area contributed by atoms with Crippen LogP contribution in [-0.2, 0) is 11.2 Å². The second kappa shape index (κ2) is 11.0. The van der Waals surface area contributed by atoms with E-state index in [0.29, 0.717) is 16.8 Å². The number of aromatic nitrogens is 2. The zero-order valence-corrected chi connectivity index (χ0v) is 19.1. The number of benzene rings is 3. The monoisotopic (exact) mass is 487 g/mol. The Bertz CT molecular complexity index is 1390. The first-order chi connectivity index (χ1) is 17.4. The summed E-state index contributed by atoms with van der Waals surface area (Å²) in [4.78, 5) is 35.3. The van der Waals surface area contributed by atoms with Gasteiger partial charge in [-0.15, -0.1) is 0 Å². The third-order valence-corrected chi connectivity index (χ3v) is 5.36. The van der Waals surface area contributed by atoms with Crippen LogP contribution in [0.25, 0.3) is 16.9 Å². The van der Waals surface area contributed by atoms with Crippen molar-refractivity contribution >= 4 is 17.5 Å². The first-order valence-corrected chi connectivity index (χ1v) is 11.1. The molecule has 0 fully saturated rings. The molecule has 0 atom stereocenters. The van der Waals surface area contributed by atoms with Gasteiger partial charge in [0, 0.05) is 42.5 Å². The van der Waals surface area contributed by atoms with Gasteiger partial charge in [0.25, 0.3) is 11.6 Å². The predicted molar refractivity (Wildman–Crippen MR) is 131 cm³/mol. The van der Waals surface area contributed by atoms with Crippen LogP contribution in [-0.4, -0.2) is 39.6 Å². The summed E-state index contributed by atoms with van der Waals surface area (Å²) in [5.74, 6) is -1.48. The summed E-state index contributed by atoms with van der Waals surface area (Å²) in [6.07, 6.45) is 1.74. The Morgan fingerprint density at radius 2 is 1.58 bits per heavy atom. The molecule has 0 radical (unpaired) electrons. The van der Waals surface area contributed by atoms with Gasteiger partial charge in [0.1, 0.15) is 5.82 Å². The van der Waals surface area contributed by atoms with E-state index in [2.05, 4.69) is 15.7 Å². The average molecular weight is 487 g/mol. The molecule has 4 rings (SSSR count). The Labute approximate surface area is 205 Å². The summed E-state index contributed by atoms with van der Waals surface area (Å²) in [7, 11) is 0. The van der Waals surface area contributed by atoms with Crippen molar-refractivity contribution < 1.29 is 18.9 Å². The predicted octanol–water partition coefficient (Wildman–Crippen LogP) is 3.68. The van der Waals surface area contributed by atoms with E-state index in [0.717, 1.165) is 5.69 Å². The number of carbonyl (C=O) groups is 2. The summed E-state index contributed by atoms with van der Waals surface area (Å²) in [5, 5.41) is 20.9. The maximum Gasteiger partial charge on any atom is 0.269 e. The molecule has 0 saturated carbocycles. The van der Waals surface area contributed by atoms with Crippen molar-refractivity contribution in [1.29, 1.82) is 0 Å². The van der Waals surface area contributed by atoms with Crippen LogP contribution in [0.15, 0.2) is 85.1 Å². The van der Waals surface area contributed by atoms with Crippen molar-refractivity contribution in [3.05, 3.63) is 112 Å². The van der Waals surface area contributed by atoms with Gasteiger partial charge in [-0.1, -0.05) is 30.3 Å². The van der Waals surface area contributed by atoms with Crippen LogP contribution in [0, 0.1) is 15.9 Å². The molecule has 2 amide bonds. The highest BCUT2D eigenvalue weighted by molar-refractivity contribution is 5.94. The second-order valence-corrected chi connectivity index (χ2v) is 7.85. The number of rotatable bonds is 9. The number of hydrogen-bond acceptors (Lipinski definition) is 5. The molecule has 0 aliphatic carbocycles. The zero-order chi connectivity index (χ0) is 25.5. The van der Waals surface area contributed by atoms with Gasteiger partial charge in [-0.2, -0.15) is 5.10 Å². The average Bonchev–Trinajstić information content (AvgIpc) is 3.31. The smallest absolute Gasteiger partial charge is 0.269 e. The molecule has 1 heterocycles. The van der Waals surface area contributed by atoms with Crippen LogP contribution >= 0.6 is 0 Å². The van der Waals surface area contributed by atoms with E-state index in [1.165, 1.54) is 30.3 Å². The standard InChI is InChI=1S/C26H22FN5O4/c27-23-9-5-4-8-22(23)26(34)29-15-14-28-24(33)16-19-17-31(20-6-2-1-3-7-20)30-25(19)18-10-12-21(13-11-18)32(35)36/h1-13,17H,14-16H2,(H,28,33)(H,29,34). The molecule has 0 spiro atoms. The Hall–Kier alpha value is -4.86. The highest BCUT2D eigenvalue weighted by atomic mass is 19.1. The molecule has 36 heavy (non-hydrogen) atoms. The number of nitrogens with zero attached hydrogens (tertiary/aromatic N) is 3. The molecule has 0 aliphatic rings. The van der Waals surface area contributed by atoms with Crippen molar-refractivity contribution in [2.24, 2.45) is 0 Å². The topological polar surface area (TPSA) is 119 Å². The number of nitro benzene ring substituents is 1. The summed E-state index contributed by atoms with van der Waals surface area (Å²) in [6.45, 7) is 0.274. The lowest BCUT2D eigenvalue weighted by Gasteiger charge is -2.08. The molecule has 10 heteroatoms. The van der Waals surface area contributed by atoms with Gasteiger partial charge in [0.05, 0.1) is 28.3 Å². The van der Waals surface area contributed by atoms with Crippen molar-refractivity contribution in [3.63, 3.8) is 0 Å². The van der Waals surface area contributed by atoms with Crippen LogP contribution in [0.2, 0.25) is 0 Å². The molecule has 9 nitrogen and oxygen atoms in total. The molecule has 0 aliphatic heterocycles. The van der Waals surface area contributed by atoms with Crippen molar-refractivity contribution in [3.8, 4) is 16.9 Å². The van der Waals surface area contributed by atoms with Gasteiger partial charge >= 0.3 is 0 Å². The number of nitrogens with one attached hydrogen (secondary N) is 2. The van der Waals surface area contributed by atoms with E-state index < -0.39 is 16.6 Å². The first-order valence-electron chi connectivity index (χ1n) is 11.1. The van der Waals surface area contributed by atoms with Crippen molar-refractivity contribution in [2.45, 2.75) is 6.42 Å². The molecule has 0 unspecified atom stereocenters. The minimum absolute atomic E-state index is 0.000411. The zero-order valence-electron chi connectivity index (χ0n) is 19.1. The van der Waals surface area contributed by atoms with Crippen LogP contribution < -0.4 is 10.6 Å². The molecular weight excluding hydrogens is 465 g/mol. The number of amides is 2. The van der Waals surface area contributed by atoms with Gasteiger partial charge in [-0.25, -0.2) is 9.07 Å². The van der Waals surface area contributed by atoms with E-state index in [1.807, 2.05) is 30.3 Å². The fraction of sp³-hybridized carbons (Fsp3) is 0.115. The summed E-state index contributed by atoms with van der Waals surface area (Å²) in [6, 6.07) is 21.0. The Morgan fingerprint density at radius 1 is 0.917 bits per heavy atom. The summed E-state index contributed by atoms with van der Waals surface area (Å²) in [5.41, 5.74) is 2.47. The van der Waals surface area contributed by atoms with Crippen molar-refractivity contribution in [1.82, 2.24) is 20.4 Å². The third kappa shape index (κ3) is 5.79. The fourth-order valence-corrected chi connectivity index (χ4v) is 3.59. The molecule has 0 bridgehead atoms. The molecular formula is C26H22FN5O4. The van der Waals surface area contributed by atoms with Gasteiger partial charge in [0.2, 0.25) is 5.91 Å². The number of para-hydroxylation sites is 1. The second-order valence-electron chi connectivity index (χ2n) is 7.85. The SMILES string of the molecule is O=C(Cc1cn(-c2ccccc2)nc1-c1ccc([N+](=O)[O-])cc1)NCCNC(=O)c1ccccc1F. The van der Waals surface area contributed by atoms with E-state index in [-0.39, 0.29) is 36.7 Å². The normalized spacial score (nSPS) is 10.6. The van der Waals surface area contributed by atoms with Crippen LogP contribution in [0.3, 0.4) is 0 Å². The quantitative estimate of drug-likeness (QED) is 0.212. The minimum Gasteiger partial charge on any atom is -0.354 e. The number of non-ortho nitro benzene ring substituents is 1. The van der Waals surface area contributed by atoms with E-state index in [4.69, 9.17) is 0 Å². The summed E-state index contributed by atoms with van der Waals surface area (Å²) >= 11 is 0. The highest BCUT2D eigenvalue weighted by Gasteiger charge is 2.17. The molecule has 4 aromatic rings. The lowest BCUT2D eigenvalue weighted by Crippen LogP contribution is -2.35. The van der Waals surface area contributed by atoms with Gasteiger partial charge in [0.15, 0.2) is 0 Å². The molecule has 0 saturated heterocycles. The van der Waals surface area contributed by atoms with Crippen LogP contribution in [0.4, 0.5) is 10.1 Å². The number of carbonyl (C=O) groups excluding carboxylic acids is 2. The largest absolute Gasteiger partial charge is 0.354 e. The van der Waals surface area contributed by atoms with Gasteiger partial charge in [-0.3, -0.25) is 19.7 Å². The lowest BCUT2D eigenvalue weighted by atomic mass is 10.1. The van der Waals surface area contributed by atoms with E-state index in [9.17, 15) is 24.1 Å². The van der Waals surface area contributed by atoms with Gasteiger partial charge in [-0.05, 0) is 36.4 Å². The summed E-state index contributed by atoms with van der Waals surface area (Å²) < 4.78 is 15.4. The fourth-order valence-electron chi connectivity index (χ4n) is 3.59. The number of hydrogen-bond donors (Lipinski definition) is 2. The molecule has 1 aromatic heterocycles. The van der Waals surface area contributed by atoms with Gasteiger partial charge < -0.3 is 10.6 Å². The highest BCUT2D eigenvalue weighted by Crippen LogP contribution is 2.26.